The molecule has 0 unspecified atom stereocenters. The topological polar surface area (TPSA) is 179 Å². The number of ketones is 2. The van der Waals surface area contributed by atoms with Crippen molar-refractivity contribution < 1.29 is 43.4 Å². The molecule has 0 radical (unpaired) electrons. The number of carbonyl (C=O) groups excluding carboxylic acids is 6. The van der Waals surface area contributed by atoms with Gasteiger partial charge < -0.3 is 30.3 Å². The van der Waals surface area contributed by atoms with Crippen molar-refractivity contribution in [3.05, 3.63) is 65.2 Å². The molecule has 2 aliphatic rings. The number of Topliss-reactive ketones (excluding diaryl/α,β-unsaturated/α-hetero) is 2. The van der Waals surface area contributed by atoms with Crippen molar-refractivity contribution in [1.29, 1.82) is 0 Å². The van der Waals surface area contributed by atoms with Gasteiger partial charge in [-0.15, -0.1) is 0 Å². The molecule has 13 nitrogen and oxygen atoms in total. The fourth-order valence-electron chi connectivity index (χ4n) is 6.18. The van der Waals surface area contributed by atoms with Crippen LogP contribution in [-0.4, -0.2) is 89.6 Å². The lowest BCUT2D eigenvalue weighted by Crippen LogP contribution is -2.54. The second-order valence-corrected chi connectivity index (χ2v) is 13.0. The zero-order chi connectivity index (χ0) is 37.6. The predicted octanol–water partition coefficient (Wildman–Crippen LogP) is 2.76. The molecule has 0 bridgehead atoms. The summed E-state index contributed by atoms with van der Waals surface area (Å²) in [4.78, 5) is 91.6. The molecule has 2 aromatic carbocycles. The van der Waals surface area contributed by atoms with Gasteiger partial charge in [0, 0.05) is 49.8 Å². The minimum atomic E-state index is -1.15. The monoisotopic (exact) mass is 714 g/mol. The number of carbonyl (C=O) groups is 7. The van der Waals surface area contributed by atoms with Crippen LogP contribution in [-0.2, 0) is 44.8 Å². The van der Waals surface area contributed by atoms with Crippen molar-refractivity contribution in [3.8, 4) is 11.8 Å². The number of carboxylic acid groups (broad SMARTS) is 1. The van der Waals surface area contributed by atoms with Crippen LogP contribution in [0, 0.1) is 17.8 Å². The van der Waals surface area contributed by atoms with Gasteiger partial charge in [-0.3, -0.25) is 28.8 Å². The predicted molar refractivity (Wildman–Crippen MR) is 191 cm³/mol. The van der Waals surface area contributed by atoms with E-state index in [0.29, 0.717) is 43.6 Å². The molecule has 52 heavy (non-hydrogen) atoms. The Balaban J connectivity index is 1.22. The number of anilines is 1. The molecule has 2 aliphatic heterocycles. The van der Waals surface area contributed by atoms with Crippen LogP contribution in [0.15, 0.2) is 48.5 Å². The van der Waals surface area contributed by atoms with E-state index >= 15 is 0 Å². The molecule has 276 valence electrons. The maximum atomic E-state index is 13.4. The summed E-state index contributed by atoms with van der Waals surface area (Å²) in [6.45, 7) is 3.35. The number of hydrogen-bond acceptors (Lipinski definition) is 8. The summed E-state index contributed by atoms with van der Waals surface area (Å²) in [5, 5.41) is 14.0. The van der Waals surface area contributed by atoms with E-state index in [4.69, 9.17) is 9.84 Å². The number of aliphatic carboxylic acids is 1. The molecule has 2 heterocycles. The Hall–Kier alpha value is -5.35. The number of para-hydroxylation sites is 1. The Morgan fingerprint density at radius 3 is 2.35 bits per heavy atom. The fourth-order valence-corrected chi connectivity index (χ4v) is 6.18. The van der Waals surface area contributed by atoms with Crippen LogP contribution in [0.4, 0.5) is 5.69 Å². The molecule has 1 saturated heterocycles. The molecule has 0 aromatic heterocycles. The molecule has 2 aromatic rings. The quantitative estimate of drug-likeness (QED) is 0.155. The van der Waals surface area contributed by atoms with Crippen LogP contribution in [0.1, 0.15) is 81.9 Å². The van der Waals surface area contributed by atoms with Gasteiger partial charge in [0.25, 0.3) is 0 Å². The van der Waals surface area contributed by atoms with Crippen molar-refractivity contribution >= 4 is 46.9 Å². The van der Waals surface area contributed by atoms with Gasteiger partial charge >= 0.3 is 5.97 Å². The molecule has 0 aliphatic carbocycles. The zero-order valence-corrected chi connectivity index (χ0v) is 29.7. The van der Waals surface area contributed by atoms with Gasteiger partial charge in [0.05, 0.1) is 31.4 Å². The number of rotatable bonds is 18. The molecule has 0 saturated carbocycles. The first-order valence-electron chi connectivity index (χ1n) is 17.7. The average Bonchev–Trinajstić information content (AvgIpc) is 3.63. The van der Waals surface area contributed by atoms with Gasteiger partial charge in [0.2, 0.25) is 23.6 Å². The number of hydrogen-bond donors (Lipinski definition) is 3. The largest absolute Gasteiger partial charge is 0.480 e. The first-order chi connectivity index (χ1) is 25.0. The van der Waals surface area contributed by atoms with E-state index in [1.807, 2.05) is 62.4 Å². The Labute approximate surface area is 303 Å². The van der Waals surface area contributed by atoms with Crippen molar-refractivity contribution in [2.45, 2.75) is 83.8 Å². The van der Waals surface area contributed by atoms with Gasteiger partial charge in [-0.25, -0.2) is 4.79 Å². The number of nitrogens with zero attached hydrogens (tertiary/aromatic N) is 2. The third-order valence-electron chi connectivity index (χ3n) is 9.31. The van der Waals surface area contributed by atoms with Crippen molar-refractivity contribution in [2.24, 2.45) is 5.92 Å². The summed E-state index contributed by atoms with van der Waals surface area (Å²) in [7, 11) is 0. The van der Waals surface area contributed by atoms with Crippen molar-refractivity contribution in [3.63, 3.8) is 0 Å². The van der Waals surface area contributed by atoms with E-state index in [1.54, 1.807) is 4.90 Å². The summed E-state index contributed by atoms with van der Waals surface area (Å²) >= 11 is 0. The molecule has 3 N–H and O–H groups in total. The van der Waals surface area contributed by atoms with Gasteiger partial charge in [-0.1, -0.05) is 62.4 Å². The highest BCUT2D eigenvalue weighted by molar-refractivity contribution is 5.98. The Morgan fingerprint density at radius 2 is 1.60 bits per heavy atom. The number of ether oxygens (including phenoxy) is 1. The molecule has 1 fully saturated rings. The Bertz CT molecular complexity index is 1730. The SMILES string of the molecule is CC[C@H](C)[C@H](NC(=O)[C@@H]1CCCN1C(=O)CNC(=O)CCC(=O)CCC(=O)N1Cc2ccccc2C#Cc2ccccc21)C(=O)CCOCC(=O)O. The minimum absolute atomic E-state index is 0.0384. The normalized spacial score (nSPS) is 15.8. The van der Waals surface area contributed by atoms with Crippen LogP contribution in [0.2, 0.25) is 0 Å². The van der Waals surface area contributed by atoms with Crippen LogP contribution in [0.25, 0.3) is 0 Å². The van der Waals surface area contributed by atoms with Crippen LogP contribution in [0.5, 0.6) is 0 Å². The Morgan fingerprint density at radius 1 is 0.904 bits per heavy atom. The fraction of sp³-hybridized carbons (Fsp3) is 0.462. The maximum absolute atomic E-state index is 13.4. The summed E-state index contributed by atoms with van der Waals surface area (Å²) in [5.41, 5.74) is 3.12. The molecule has 0 spiro atoms. The third kappa shape index (κ3) is 11.1. The van der Waals surface area contributed by atoms with Crippen LogP contribution in [0.3, 0.4) is 0 Å². The summed E-state index contributed by atoms with van der Waals surface area (Å²) < 4.78 is 4.97. The van der Waals surface area contributed by atoms with E-state index in [1.165, 1.54) is 4.90 Å². The molecule has 3 atom stereocenters. The summed E-state index contributed by atoms with van der Waals surface area (Å²) in [6, 6.07) is 13.3. The number of likely N-dealkylation sites (tertiary alicyclic amines) is 1. The maximum Gasteiger partial charge on any atom is 0.329 e. The van der Waals surface area contributed by atoms with Crippen LogP contribution < -0.4 is 15.5 Å². The minimum Gasteiger partial charge on any atom is -0.480 e. The highest BCUT2D eigenvalue weighted by Crippen LogP contribution is 2.26. The highest BCUT2D eigenvalue weighted by Gasteiger charge is 2.36. The summed E-state index contributed by atoms with van der Waals surface area (Å²) in [5.74, 6) is 2.74. The number of benzene rings is 2. The molecular formula is C39H46N4O9. The van der Waals surface area contributed by atoms with Gasteiger partial charge in [0.15, 0.2) is 5.78 Å². The molecule has 4 rings (SSSR count). The standard InChI is InChI=1S/C39H46N4O9/c1-3-26(2)38(33(45)20-22-52-25-37(49)50)41-39(51)32-13-8-21-42(32)36(48)23-40-34(46)18-16-30(44)17-19-35(47)43-24-29-11-5-4-9-27(29)14-15-28-10-6-7-12-31(28)43/h4-7,9-12,26,32,38H,3,8,13,16-25H2,1-2H3,(H,40,46)(H,41,51)(H,49,50)/t26-,32-,38-/m0/s1. The lowest BCUT2D eigenvalue weighted by atomic mass is 9.93. The Kier molecular flexibility index (Phi) is 14.6. The number of fused-ring (bicyclic) bond motifs is 2. The van der Waals surface area contributed by atoms with E-state index < -0.39 is 42.4 Å². The summed E-state index contributed by atoms with van der Waals surface area (Å²) in [6.07, 6.45) is 1.15. The van der Waals surface area contributed by atoms with E-state index in [0.717, 1.165) is 11.1 Å². The third-order valence-corrected chi connectivity index (χ3v) is 9.31. The van der Waals surface area contributed by atoms with Crippen LogP contribution >= 0.6 is 0 Å². The zero-order valence-electron chi connectivity index (χ0n) is 29.7. The van der Waals surface area contributed by atoms with E-state index in [-0.39, 0.29) is 68.6 Å². The first-order valence-corrected chi connectivity index (χ1v) is 17.7. The molecule has 13 heteroatoms. The van der Waals surface area contributed by atoms with E-state index in [2.05, 4.69) is 22.5 Å². The lowest BCUT2D eigenvalue weighted by Gasteiger charge is -2.28. The average molecular weight is 715 g/mol. The lowest BCUT2D eigenvalue weighted by molar-refractivity contribution is -0.143. The number of nitrogens with one attached hydrogen (secondary N) is 2. The van der Waals surface area contributed by atoms with Crippen molar-refractivity contribution in [2.75, 3.05) is 31.2 Å². The second-order valence-electron chi connectivity index (χ2n) is 13.0. The van der Waals surface area contributed by atoms with Gasteiger partial charge in [-0.05, 0) is 42.5 Å². The smallest absolute Gasteiger partial charge is 0.329 e. The second kappa shape index (κ2) is 19.3. The van der Waals surface area contributed by atoms with Gasteiger partial charge in [0.1, 0.15) is 18.4 Å². The highest BCUT2D eigenvalue weighted by atomic mass is 16.5. The molecular weight excluding hydrogens is 668 g/mol. The molecule has 4 amide bonds. The van der Waals surface area contributed by atoms with Crippen molar-refractivity contribution in [1.82, 2.24) is 15.5 Å². The number of carboxylic acids is 1. The van der Waals surface area contributed by atoms with Gasteiger partial charge in [-0.2, -0.15) is 0 Å². The number of amides is 4. The first kappa shape index (κ1) is 39.4. The van der Waals surface area contributed by atoms with E-state index in [9.17, 15) is 33.6 Å².